The second-order valence-corrected chi connectivity index (χ2v) is 7.57. The van der Waals surface area contributed by atoms with Gasteiger partial charge in [0.1, 0.15) is 5.58 Å². The highest BCUT2D eigenvalue weighted by atomic mass is 16.4. The standard InChI is InChI=1S/C25H24N2O2/c1-16-22-12-9-19(18-7-10-21(11-8-18)27(2)3)15-24(22)29-25(28)23(16)14-17-5-4-6-20(26)13-17/h4-13,15H,14,26H2,1-3H3. The van der Waals surface area contributed by atoms with Crippen LogP contribution in [-0.4, -0.2) is 14.1 Å². The Hall–Kier alpha value is -3.53. The van der Waals surface area contributed by atoms with Crippen LogP contribution in [0.4, 0.5) is 11.4 Å². The Morgan fingerprint density at radius 1 is 0.931 bits per heavy atom. The molecule has 0 spiro atoms. The molecule has 0 saturated carbocycles. The highest BCUT2D eigenvalue weighted by molar-refractivity contribution is 5.86. The summed E-state index contributed by atoms with van der Waals surface area (Å²) in [4.78, 5) is 14.8. The van der Waals surface area contributed by atoms with Gasteiger partial charge in [-0.25, -0.2) is 4.79 Å². The summed E-state index contributed by atoms with van der Waals surface area (Å²) in [6, 6.07) is 22.0. The number of nitrogens with two attached hydrogens (primary N) is 1. The van der Waals surface area contributed by atoms with Crippen LogP contribution in [0.25, 0.3) is 22.1 Å². The van der Waals surface area contributed by atoms with Gasteiger partial charge >= 0.3 is 5.63 Å². The van der Waals surface area contributed by atoms with Crippen molar-refractivity contribution in [3.8, 4) is 11.1 Å². The Morgan fingerprint density at radius 2 is 1.66 bits per heavy atom. The molecule has 1 heterocycles. The van der Waals surface area contributed by atoms with Crippen LogP contribution in [0.3, 0.4) is 0 Å². The zero-order chi connectivity index (χ0) is 20.5. The van der Waals surface area contributed by atoms with E-state index in [2.05, 4.69) is 35.2 Å². The van der Waals surface area contributed by atoms with E-state index in [9.17, 15) is 4.79 Å². The van der Waals surface area contributed by atoms with Gasteiger partial charge in [-0.2, -0.15) is 0 Å². The molecule has 2 N–H and O–H groups in total. The average Bonchev–Trinajstić information content (AvgIpc) is 2.71. The Labute approximate surface area is 170 Å². The summed E-state index contributed by atoms with van der Waals surface area (Å²) in [6.07, 6.45) is 0.503. The molecule has 0 saturated heterocycles. The molecule has 4 heteroatoms. The summed E-state index contributed by atoms with van der Waals surface area (Å²) in [5, 5.41) is 0.956. The molecule has 29 heavy (non-hydrogen) atoms. The van der Waals surface area contributed by atoms with Crippen molar-refractivity contribution >= 4 is 22.3 Å². The number of fused-ring (bicyclic) bond motifs is 1. The maximum Gasteiger partial charge on any atom is 0.340 e. The molecule has 146 valence electrons. The first-order valence-electron chi connectivity index (χ1n) is 9.61. The maximum atomic E-state index is 12.7. The van der Waals surface area contributed by atoms with Gasteiger partial charge in [-0.1, -0.05) is 36.4 Å². The van der Waals surface area contributed by atoms with Gasteiger partial charge in [0.25, 0.3) is 0 Å². The molecule has 0 radical (unpaired) electrons. The van der Waals surface area contributed by atoms with Crippen LogP contribution in [0.2, 0.25) is 0 Å². The second kappa shape index (κ2) is 7.47. The Balaban J connectivity index is 1.74. The predicted octanol–water partition coefficient (Wildman–Crippen LogP) is 5.01. The minimum Gasteiger partial charge on any atom is -0.422 e. The van der Waals surface area contributed by atoms with Gasteiger partial charge in [0, 0.05) is 42.8 Å². The molecule has 0 aliphatic rings. The average molecular weight is 384 g/mol. The molecule has 0 unspecified atom stereocenters. The minimum atomic E-state index is -0.294. The Bertz CT molecular complexity index is 1240. The number of hydrogen-bond donors (Lipinski definition) is 1. The van der Waals surface area contributed by atoms with Gasteiger partial charge in [0.15, 0.2) is 0 Å². The van der Waals surface area contributed by atoms with E-state index in [1.54, 1.807) is 0 Å². The van der Waals surface area contributed by atoms with E-state index in [0.717, 1.165) is 33.3 Å². The Morgan fingerprint density at radius 3 is 2.34 bits per heavy atom. The number of rotatable bonds is 4. The van der Waals surface area contributed by atoms with Crippen LogP contribution in [0.1, 0.15) is 16.7 Å². The van der Waals surface area contributed by atoms with Crippen molar-refractivity contribution in [3.63, 3.8) is 0 Å². The third-order valence-corrected chi connectivity index (χ3v) is 5.34. The van der Waals surface area contributed by atoms with Gasteiger partial charge in [-0.05, 0) is 59.5 Å². The van der Waals surface area contributed by atoms with Crippen molar-refractivity contribution in [1.29, 1.82) is 0 Å². The van der Waals surface area contributed by atoms with Crippen molar-refractivity contribution in [3.05, 3.63) is 93.8 Å². The van der Waals surface area contributed by atoms with E-state index < -0.39 is 0 Å². The van der Waals surface area contributed by atoms with Crippen molar-refractivity contribution in [2.45, 2.75) is 13.3 Å². The normalized spacial score (nSPS) is 11.0. The molecule has 0 aliphatic carbocycles. The van der Waals surface area contributed by atoms with E-state index in [0.29, 0.717) is 23.3 Å². The van der Waals surface area contributed by atoms with Crippen molar-refractivity contribution in [2.24, 2.45) is 0 Å². The van der Waals surface area contributed by atoms with Gasteiger partial charge in [-0.3, -0.25) is 0 Å². The van der Waals surface area contributed by atoms with Crippen LogP contribution in [0.15, 0.2) is 75.9 Å². The lowest BCUT2D eigenvalue weighted by molar-refractivity contribution is 0.551. The van der Waals surface area contributed by atoms with Crippen molar-refractivity contribution in [1.82, 2.24) is 0 Å². The molecule has 0 fully saturated rings. The SMILES string of the molecule is Cc1c(Cc2cccc(N)c2)c(=O)oc2cc(-c3ccc(N(C)C)cc3)ccc12. The maximum absolute atomic E-state index is 12.7. The molecular weight excluding hydrogens is 360 g/mol. The smallest absolute Gasteiger partial charge is 0.340 e. The largest absolute Gasteiger partial charge is 0.422 e. The Kier molecular flexibility index (Phi) is 4.85. The highest BCUT2D eigenvalue weighted by Crippen LogP contribution is 2.28. The molecule has 1 aromatic heterocycles. The topological polar surface area (TPSA) is 59.5 Å². The van der Waals surface area contributed by atoms with Crippen molar-refractivity contribution in [2.75, 3.05) is 24.7 Å². The number of nitrogens with zero attached hydrogens (tertiary/aromatic N) is 1. The lowest BCUT2D eigenvalue weighted by Gasteiger charge is -2.13. The monoisotopic (exact) mass is 384 g/mol. The second-order valence-electron chi connectivity index (χ2n) is 7.57. The third kappa shape index (κ3) is 3.74. The molecule has 0 bridgehead atoms. The molecular formula is C25H24N2O2. The van der Waals surface area contributed by atoms with Crippen LogP contribution >= 0.6 is 0 Å². The van der Waals surface area contributed by atoms with E-state index >= 15 is 0 Å². The molecule has 4 rings (SSSR count). The molecule has 4 nitrogen and oxygen atoms in total. The molecule has 0 amide bonds. The highest BCUT2D eigenvalue weighted by Gasteiger charge is 2.13. The molecule has 3 aromatic carbocycles. The van der Waals surface area contributed by atoms with Crippen LogP contribution in [0, 0.1) is 6.92 Å². The van der Waals surface area contributed by atoms with E-state index in [1.807, 2.05) is 57.4 Å². The summed E-state index contributed by atoms with van der Waals surface area (Å²) in [6.45, 7) is 1.98. The summed E-state index contributed by atoms with van der Waals surface area (Å²) >= 11 is 0. The van der Waals surface area contributed by atoms with Gasteiger partial charge < -0.3 is 15.1 Å². The number of aryl methyl sites for hydroxylation is 1. The van der Waals surface area contributed by atoms with E-state index in [4.69, 9.17) is 10.2 Å². The number of nitrogen functional groups attached to an aromatic ring is 1. The lowest BCUT2D eigenvalue weighted by Crippen LogP contribution is -2.11. The quantitative estimate of drug-likeness (QED) is 0.397. The van der Waals surface area contributed by atoms with Crippen LogP contribution in [-0.2, 0) is 6.42 Å². The third-order valence-electron chi connectivity index (χ3n) is 5.34. The molecule has 4 aromatic rings. The van der Waals surface area contributed by atoms with Gasteiger partial charge in [-0.15, -0.1) is 0 Å². The summed E-state index contributed by atoms with van der Waals surface area (Å²) in [5.74, 6) is 0. The fourth-order valence-electron chi connectivity index (χ4n) is 3.64. The zero-order valence-corrected chi connectivity index (χ0v) is 16.9. The molecule has 0 atom stereocenters. The number of anilines is 2. The first-order chi connectivity index (χ1) is 13.9. The number of hydrogen-bond acceptors (Lipinski definition) is 4. The van der Waals surface area contributed by atoms with E-state index in [-0.39, 0.29) is 5.63 Å². The number of benzene rings is 3. The minimum absolute atomic E-state index is 0.294. The predicted molar refractivity (Wildman–Crippen MR) is 121 cm³/mol. The van der Waals surface area contributed by atoms with Gasteiger partial charge in [0.05, 0.1) is 0 Å². The van der Waals surface area contributed by atoms with Gasteiger partial charge in [0.2, 0.25) is 0 Å². The van der Waals surface area contributed by atoms with Crippen LogP contribution in [0.5, 0.6) is 0 Å². The molecule has 0 aliphatic heterocycles. The lowest BCUT2D eigenvalue weighted by atomic mass is 9.97. The summed E-state index contributed by atoms with van der Waals surface area (Å²) < 4.78 is 5.71. The van der Waals surface area contributed by atoms with Crippen LogP contribution < -0.4 is 16.3 Å². The fraction of sp³-hybridized carbons (Fsp3) is 0.160. The van der Waals surface area contributed by atoms with Crippen molar-refractivity contribution < 1.29 is 4.42 Å². The first-order valence-corrected chi connectivity index (χ1v) is 9.61. The summed E-state index contributed by atoms with van der Waals surface area (Å²) in [5.41, 5.74) is 12.7. The summed E-state index contributed by atoms with van der Waals surface area (Å²) in [7, 11) is 4.04. The van der Waals surface area contributed by atoms with E-state index in [1.165, 1.54) is 0 Å². The fourth-order valence-corrected chi connectivity index (χ4v) is 3.64. The zero-order valence-electron chi connectivity index (χ0n) is 16.9. The first kappa shape index (κ1) is 18.8.